The van der Waals surface area contributed by atoms with Crippen LogP contribution in [0.5, 0.6) is 0 Å². The summed E-state index contributed by atoms with van der Waals surface area (Å²) >= 11 is 5.56. The molecule has 2 aromatic rings. The minimum Gasteiger partial charge on any atom is -0.207 e. The third-order valence-corrected chi connectivity index (χ3v) is 3.31. The van der Waals surface area contributed by atoms with Gasteiger partial charge >= 0.3 is 0 Å². The number of halogens is 3. The minimum absolute atomic E-state index is 0.202. The van der Waals surface area contributed by atoms with Gasteiger partial charge in [-0.05, 0) is 60.4 Å². The Hall–Kier alpha value is -1.92. The number of nitriles is 1. The fraction of sp³-hybridized carbons (Fsp3) is 0.235. The first kappa shape index (κ1) is 17.1. The first-order valence-electron chi connectivity index (χ1n) is 6.41. The Kier molecular flexibility index (Phi) is 6.84. The van der Waals surface area contributed by atoms with E-state index in [2.05, 4.69) is 0 Å². The Morgan fingerprint density at radius 2 is 1.43 bits per heavy atom. The lowest BCUT2D eigenvalue weighted by Gasteiger charge is -1.99. The number of alkyl halides is 1. The van der Waals surface area contributed by atoms with Gasteiger partial charge in [-0.25, -0.2) is 8.78 Å². The van der Waals surface area contributed by atoms with Gasteiger partial charge in [0.15, 0.2) is 0 Å². The summed E-state index contributed by atoms with van der Waals surface area (Å²) in [5.74, 6) is 0.00195. The largest absolute Gasteiger partial charge is 0.207 e. The molecule has 0 aliphatic carbocycles. The van der Waals surface area contributed by atoms with Gasteiger partial charge in [0.25, 0.3) is 0 Å². The van der Waals surface area contributed by atoms with Gasteiger partial charge in [0.1, 0.15) is 11.6 Å². The summed E-state index contributed by atoms with van der Waals surface area (Å²) in [5.41, 5.74) is 3.64. The molecule has 2 rings (SSSR count). The molecule has 4 heteroatoms. The number of hydrogen-bond acceptors (Lipinski definition) is 1. The van der Waals surface area contributed by atoms with Crippen LogP contribution in [0.4, 0.5) is 8.78 Å². The molecule has 0 heterocycles. The second-order valence-electron chi connectivity index (χ2n) is 4.61. The van der Waals surface area contributed by atoms with Crippen LogP contribution in [0, 0.1) is 36.8 Å². The first-order valence-corrected chi connectivity index (χ1v) is 6.94. The van der Waals surface area contributed by atoms with E-state index in [1.165, 1.54) is 24.3 Å². The SMILES string of the molecule is Cc1cc(F)ccc1CC#N.Cc1cc(F)ccc1CCl. The van der Waals surface area contributed by atoms with E-state index in [0.717, 1.165) is 22.3 Å². The zero-order valence-corrected chi connectivity index (χ0v) is 12.7. The van der Waals surface area contributed by atoms with Gasteiger partial charge in [0.05, 0.1) is 12.5 Å². The molecule has 0 unspecified atom stereocenters. The summed E-state index contributed by atoms with van der Waals surface area (Å²) < 4.78 is 24.9. The second-order valence-corrected chi connectivity index (χ2v) is 4.88. The monoisotopic (exact) mass is 307 g/mol. The zero-order chi connectivity index (χ0) is 15.8. The molecule has 1 nitrogen and oxygen atoms in total. The van der Waals surface area contributed by atoms with Crippen LogP contribution >= 0.6 is 11.6 Å². The van der Waals surface area contributed by atoms with E-state index in [1.54, 1.807) is 19.1 Å². The van der Waals surface area contributed by atoms with Crippen LogP contribution in [-0.2, 0) is 12.3 Å². The van der Waals surface area contributed by atoms with Crippen LogP contribution in [0.1, 0.15) is 22.3 Å². The predicted octanol–water partition coefficient (Wildman–Crippen LogP) is 5.07. The van der Waals surface area contributed by atoms with E-state index in [-0.39, 0.29) is 11.6 Å². The Morgan fingerprint density at radius 1 is 0.952 bits per heavy atom. The number of rotatable bonds is 2. The standard InChI is InChI=1S/C9H8FN.C8H8ClF/c1-7-6-9(10)3-2-8(7)4-5-11;1-6-4-8(10)3-2-7(6)5-9/h2-3,6H,4H2,1H3;2-4H,5H2,1H3. The molecular weight excluding hydrogens is 292 g/mol. The van der Waals surface area contributed by atoms with E-state index in [0.29, 0.717) is 12.3 Å². The van der Waals surface area contributed by atoms with Crippen LogP contribution < -0.4 is 0 Å². The normalized spacial score (nSPS) is 9.52. The summed E-state index contributed by atoms with van der Waals surface area (Å²) in [6, 6.07) is 11.1. The first-order chi connectivity index (χ1) is 9.97. The topological polar surface area (TPSA) is 23.8 Å². The molecule has 0 saturated carbocycles. The number of hydrogen-bond donors (Lipinski definition) is 0. The van der Waals surface area contributed by atoms with Gasteiger partial charge < -0.3 is 0 Å². The third-order valence-electron chi connectivity index (χ3n) is 3.02. The summed E-state index contributed by atoms with van der Waals surface area (Å²) in [6.45, 7) is 3.65. The molecule has 0 amide bonds. The zero-order valence-electron chi connectivity index (χ0n) is 12.0. The number of benzene rings is 2. The average Bonchev–Trinajstić information content (AvgIpc) is 2.43. The van der Waals surface area contributed by atoms with Crippen LogP contribution in [0.15, 0.2) is 36.4 Å². The molecule has 0 atom stereocenters. The molecule has 2 aromatic carbocycles. The highest BCUT2D eigenvalue weighted by atomic mass is 35.5. The Balaban J connectivity index is 0.000000211. The molecule has 0 aliphatic rings. The second kappa shape index (κ2) is 8.39. The van der Waals surface area contributed by atoms with Crippen LogP contribution in [0.2, 0.25) is 0 Å². The van der Waals surface area contributed by atoms with Crippen molar-refractivity contribution >= 4 is 11.6 Å². The highest BCUT2D eigenvalue weighted by Crippen LogP contribution is 2.11. The average molecular weight is 308 g/mol. The highest BCUT2D eigenvalue weighted by molar-refractivity contribution is 6.17. The molecular formula is C17H16ClF2N. The van der Waals surface area contributed by atoms with Crippen molar-refractivity contribution in [1.82, 2.24) is 0 Å². The third kappa shape index (κ3) is 5.53. The highest BCUT2D eigenvalue weighted by Gasteiger charge is 1.98. The lowest BCUT2D eigenvalue weighted by atomic mass is 10.1. The van der Waals surface area contributed by atoms with Crippen molar-refractivity contribution in [2.24, 2.45) is 0 Å². The van der Waals surface area contributed by atoms with Crippen LogP contribution in [-0.4, -0.2) is 0 Å². The van der Waals surface area contributed by atoms with Crippen LogP contribution in [0.25, 0.3) is 0 Å². The maximum atomic E-state index is 12.5. The van der Waals surface area contributed by atoms with Crippen molar-refractivity contribution in [3.8, 4) is 6.07 Å². The Bertz CT molecular complexity index is 648. The van der Waals surface area contributed by atoms with Crippen molar-refractivity contribution in [1.29, 1.82) is 5.26 Å². The van der Waals surface area contributed by atoms with Crippen molar-refractivity contribution < 1.29 is 8.78 Å². The predicted molar refractivity (Wildman–Crippen MR) is 81.1 cm³/mol. The lowest BCUT2D eigenvalue weighted by Crippen LogP contribution is -1.87. The molecule has 0 bridgehead atoms. The summed E-state index contributed by atoms with van der Waals surface area (Å²) in [4.78, 5) is 0. The Morgan fingerprint density at radius 3 is 1.81 bits per heavy atom. The summed E-state index contributed by atoms with van der Waals surface area (Å²) in [7, 11) is 0. The molecule has 21 heavy (non-hydrogen) atoms. The van der Waals surface area contributed by atoms with Gasteiger partial charge in [0.2, 0.25) is 0 Å². The molecule has 110 valence electrons. The van der Waals surface area contributed by atoms with Gasteiger partial charge in [-0.2, -0.15) is 5.26 Å². The number of aryl methyl sites for hydroxylation is 2. The minimum atomic E-state index is -0.246. The van der Waals surface area contributed by atoms with Gasteiger partial charge in [-0.1, -0.05) is 12.1 Å². The fourth-order valence-electron chi connectivity index (χ4n) is 1.75. The molecule has 0 spiro atoms. The van der Waals surface area contributed by atoms with E-state index in [4.69, 9.17) is 16.9 Å². The van der Waals surface area contributed by atoms with Gasteiger partial charge in [-0.15, -0.1) is 11.6 Å². The van der Waals surface area contributed by atoms with Gasteiger partial charge in [0, 0.05) is 5.88 Å². The summed E-state index contributed by atoms with van der Waals surface area (Å²) in [6.07, 6.45) is 0.353. The smallest absolute Gasteiger partial charge is 0.123 e. The molecule has 0 radical (unpaired) electrons. The lowest BCUT2D eigenvalue weighted by molar-refractivity contribution is 0.625. The summed E-state index contributed by atoms with van der Waals surface area (Å²) in [5, 5.41) is 8.37. The quantitative estimate of drug-likeness (QED) is 0.710. The van der Waals surface area contributed by atoms with Crippen molar-refractivity contribution in [3.05, 3.63) is 70.3 Å². The van der Waals surface area contributed by atoms with Crippen molar-refractivity contribution in [2.45, 2.75) is 26.1 Å². The van der Waals surface area contributed by atoms with Crippen LogP contribution in [0.3, 0.4) is 0 Å². The van der Waals surface area contributed by atoms with Crippen molar-refractivity contribution in [2.75, 3.05) is 0 Å². The van der Waals surface area contributed by atoms with Crippen molar-refractivity contribution in [3.63, 3.8) is 0 Å². The van der Waals surface area contributed by atoms with E-state index >= 15 is 0 Å². The molecule has 0 aromatic heterocycles. The van der Waals surface area contributed by atoms with E-state index < -0.39 is 0 Å². The fourth-order valence-corrected chi connectivity index (χ4v) is 2.05. The maximum absolute atomic E-state index is 12.5. The number of nitrogens with zero attached hydrogens (tertiary/aromatic N) is 1. The van der Waals surface area contributed by atoms with E-state index in [9.17, 15) is 8.78 Å². The van der Waals surface area contributed by atoms with Gasteiger partial charge in [-0.3, -0.25) is 0 Å². The maximum Gasteiger partial charge on any atom is 0.123 e. The Labute approximate surface area is 128 Å². The molecule has 0 N–H and O–H groups in total. The molecule has 0 fully saturated rings. The molecule has 0 saturated heterocycles. The molecule has 0 aliphatic heterocycles. The van der Waals surface area contributed by atoms with E-state index in [1.807, 2.05) is 13.0 Å².